The van der Waals surface area contributed by atoms with Crippen molar-refractivity contribution in [3.63, 3.8) is 0 Å². The second-order valence-electron chi connectivity index (χ2n) is 4.42. The van der Waals surface area contributed by atoms with E-state index in [1.54, 1.807) is 18.2 Å². The highest BCUT2D eigenvalue weighted by atomic mass is 79.9. The molecule has 1 fully saturated rings. The molecule has 1 heterocycles. The number of halogens is 1. The molecular weight excluding hydrogens is 386 g/mol. The molecule has 2 rings (SSSR count). The summed E-state index contributed by atoms with van der Waals surface area (Å²) in [6.07, 6.45) is 2.95. The van der Waals surface area contributed by atoms with Crippen LogP contribution in [0.3, 0.4) is 0 Å². The molecule has 1 aliphatic rings. The van der Waals surface area contributed by atoms with E-state index in [2.05, 4.69) is 22.5 Å². The quantitative estimate of drug-likeness (QED) is 0.538. The lowest BCUT2D eigenvalue weighted by Crippen LogP contribution is -2.29. The molecule has 0 N–H and O–H groups in total. The number of carbonyl (C=O) groups excluding carboxylic acids is 3. The molecule has 120 valence electrons. The summed E-state index contributed by atoms with van der Waals surface area (Å²) in [5, 5.41) is 10.1. The van der Waals surface area contributed by atoms with Gasteiger partial charge in [-0.05, 0) is 36.0 Å². The van der Waals surface area contributed by atoms with E-state index in [9.17, 15) is 19.5 Å². The van der Waals surface area contributed by atoms with Gasteiger partial charge in [0.2, 0.25) is 0 Å². The maximum absolute atomic E-state index is 12.2. The first-order valence-corrected chi connectivity index (χ1v) is 8.01. The Balaban J connectivity index is 2.33. The Morgan fingerprint density at radius 3 is 2.83 bits per heavy atom. The first kappa shape index (κ1) is 17.3. The Hall–Kier alpha value is -2.06. The molecule has 0 saturated carbocycles. The van der Waals surface area contributed by atoms with Crippen LogP contribution in [-0.2, 0) is 9.59 Å². The van der Waals surface area contributed by atoms with Gasteiger partial charge in [0.25, 0.3) is 11.1 Å². The van der Waals surface area contributed by atoms with Crippen LogP contribution in [0.2, 0.25) is 0 Å². The summed E-state index contributed by atoms with van der Waals surface area (Å²) in [4.78, 5) is 35.8. The number of imide groups is 1. The van der Waals surface area contributed by atoms with Crippen LogP contribution < -0.4 is 9.84 Å². The molecule has 1 aromatic carbocycles. The summed E-state index contributed by atoms with van der Waals surface area (Å²) in [7, 11) is 0. The Morgan fingerprint density at radius 1 is 1.43 bits per heavy atom. The lowest BCUT2D eigenvalue weighted by atomic mass is 10.2. The minimum Gasteiger partial charge on any atom is -0.546 e. The van der Waals surface area contributed by atoms with Crippen LogP contribution >= 0.6 is 27.7 Å². The third-order valence-corrected chi connectivity index (χ3v) is 4.19. The molecule has 2 amide bonds. The zero-order valence-electron chi connectivity index (χ0n) is 11.8. The lowest BCUT2D eigenvalue weighted by Gasteiger charge is -2.11. The van der Waals surface area contributed by atoms with Gasteiger partial charge in [-0.3, -0.25) is 14.5 Å². The first-order chi connectivity index (χ1) is 10.9. The van der Waals surface area contributed by atoms with Gasteiger partial charge in [-0.1, -0.05) is 22.0 Å². The van der Waals surface area contributed by atoms with E-state index < -0.39 is 18.5 Å². The largest absolute Gasteiger partial charge is 0.546 e. The number of benzene rings is 1. The van der Waals surface area contributed by atoms with Crippen molar-refractivity contribution < 1.29 is 24.2 Å². The van der Waals surface area contributed by atoms with Gasteiger partial charge in [-0.2, -0.15) is 0 Å². The summed E-state index contributed by atoms with van der Waals surface area (Å²) in [6, 6.07) is 4.89. The molecule has 0 radical (unpaired) electrons. The minimum atomic E-state index is -1.36. The molecule has 1 aromatic rings. The predicted molar refractivity (Wildman–Crippen MR) is 87.5 cm³/mol. The van der Waals surface area contributed by atoms with E-state index in [0.29, 0.717) is 5.56 Å². The van der Waals surface area contributed by atoms with Crippen molar-refractivity contribution in [2.24, 2.45) is 0 Å². The number of hydrogen-bond acceptors (Lipinski definition) is 6. The molecule has 0 atom stereocenters. The summed E-state index contributed by atoms with van der Waals surface area (Å²) in [5.74, 6) is -1.51. The van der Waals surface area contributed by atoms with E-state index in [4.69, 9.17) is 4.74 Å². The summed E-state index contributed by atoms with van der Waals surface area (Å²) >= 11 is 4.10. The van der Waals surface area contributed by atoms with E-state index in [0.717, 1.165) is 21.1 Å². The van der Waals surface area contributed by atoms with Crippen LogP contribution in [0.25, 0.3) is 6.08 Å². The highest BCUT2D eigenvalue weighted by Gasteiger charge is 2.34. The number of ether oxygens (including phenoxy) is 1. The number of carbonyl (C=O) groups is 3. The number of hydrogen-bond donors (Lipinski definition) is 0. The number of nitrogens with zero attached hydrogens (tertiary/aromatic N) is 1. The Labute approximate surface area is 144 Å². The molecule has 0 bridgehead atoms. The zero-order chi connectivity index (χ0) is 17.0. The van der Waals surface area contributed by atoms with Crippen LogP contribution in [0.15, 0.2) is 40.2 Å². The molecule has 8 heteroatoms. The highest BCUT2D eigenvalue weighted by Crippen LogP contribution is 2.34. The number of carboxylic acids is 1. The minimum absolute atomic E-state index is 0.133. The van der Waals surface area contributed by atoms with Gasteiger partial charge in [-0.15, -0.1) is 6.58 Å². The molecule has 0 unspecified atom stereocenters. The Morgan fingerprint density at radius 2 is 2.17 bits per heavy atom. The molecule has 6 nitrogen and oxygen atoms in total. The van der Waals surface area contributed by atoms with E-state index in [1.165, 1.54) is 12.2 Å². The third-order valence-electron chi connectivity index (χ3n) is 2.79. The van der Waals surface area contributed by atoms with Gasteiger partial charge in [0.1, 0.15) is 12.4 Å². The van der Waals surface area contributed by atoms with Gasteiger partial charge >= 0.3 is 0 Å². The van der Waals surface area contributed by atoms with Gasteiger partial charge in [0.05, 0.1) is 10.9 Å². The molecule has 1 saturated heterocycles. The van der Waals surface area contributed by atoms with E-state index >= 15 is 0 Å². The summed E-state index contributed by atoms with van der Waals surface area (Å²) in [5.41, 5.74) is 0.477. The van der Waals surface area contributed by atoms with Crippen LogP contribution in [0.1, 0.15) is 5.56 Å². The number of aliphatic carboxylic acids is 1. The van der Waals surface area contributed by atoms with Crippen LogP contribution in [-0.4, -0.2) is 35.2 Å². The average molecular weight is 397 g/mol. The summed E-state index contributed by atoms with van der Waals surface area (Å²) < 4.78 is 5.86. The maximum atomic E-state index is 12.2. The van der Waals surface area contributed by atoms with E-state index in [-0.39, 0.29) is 22.4 Å². The SMILES string of the molecule is C=CCN1C(=O)S/C(=C\c2cc(Br)ccc2OCC(=O)[O-])C1=O. The highest BCUT2D eigenvalue weighted by molar-refractivity contribution is 9.10. The van der Waals surface area contributed by atoms with Crippen LogP contribution in [0.4, 0.5) is 4.79 Å². The standard InChI is InChI=1S/C15H12BrNO5S/c1-2-5-17-14(20)12(23-15(17)21)7-9-6-10(16)3-4-11(9)22-8-13(18)19/h2-4,6-7H,1,5,8H2,(H,18,19)/p-1/b12-7-. The number of rotatable bonds is 6. The Bertz CT molecular complexity index is 716. The predicted octanol–water partition coefficient (Wildman–Crippen LogP) is 1.80. The monoisotopic (exact) mass is 396 g/mol. The van der Waals surface area contributed by atoms with Crippen molar-refractivity contribution in [3.05, 3.63) is 45.8 Å². The normalized spacial score (nSPS) is 16.0. The Kier molecular flexibility index (Phi) is 5.62. The van der Waals surface area contributed by atoms with Crippen molar-refractivity contribution in [1.29, 1.82) is 0 Å². The maximum Gasteiger partial charge on any atom is 0.293 e. The van der Waals surface area contributed by atoms with Gasteiger partial charge < -0.3 is 14.6 Å². The van der Waals surface area contributed by atoms with Crippen molar-refractivity contribution >= 4 is 50.9 Å². The van der Waals surface area contributed by atoms with Crippen molar-refractivity contribution in [1.82, 2.24) is 4.90 Å². The fourth-order valence-electron chi connectivity index (χ4n) is 1.83. The topological polar surface area (TPSA) is 86.7 Å². The van der Waals surface area contributed by atoms with E-state index in [1.807, 2.05) is 0 Å². The number of carboxylic acid groups (broad SMARTS) is 1. The number of thioether (sulfide) groups is 1. The van der Waals surface area contributed by atoms with Crippen LogP contribution in [0, 0.1) is 0 Å². The molecule has 0 aliphatic carbocycles. The molecule has 0 spiro atoms. The van der Waals surface area contributed by atoms with Crippen LogP contribution in [0.5, 0.6) is 5.75 Å². The fraction of sp³-hybridized carbons (Fsp3) is 0.133. The second-order valence-corrected chi connectivity index (χ2v) is 6.33. The molecule has 23 heavy (non-hydrogen) atoms. The first-order valence-electron chi connectivity index (χ1n) is 6.41. The average Bonchev–Trinajstić information content (AvgIpc) is 2.74. The molecule has 0 aromatic heterocycles. The fourth-order valence-corrected chi connectivity index (χ4v) is 3.05. The number of amides is 2. The van der Waals surface area contributed by atoms with Crippen molar-refractivity contribution in [3.8, 4) is 5.75 Å². The lowest BCUT2D eigenvalue weighted by molar-refractivity contribution is -0.307. The van der Waals surface area contributed by atoms with Gasteiger partial charge in [0.15, 0.2) is 0 Å². The summed E-state index contributed by atoms with van der Waals surface area (Å²) in [6.45, 7) is 3.03. The molecular formula is C15H11BrNO5S-. The zero-order valence-corrected chi connectivity index (χ0v) is 14.2. The third kappa shape index (κ3) is 4.23. The van der Waals surface area contributed by atoms with Crippen molar-refractivity contribution in [2.75, 3.05) is 13.2 Å². The van der Waals surface area contributed by atoms with Crippen molar-refractivity contribution in [2.45, 2.75) is 0 Å². The second kappa shape index (κ2) is 7.47. The smallest absolute Gasteiger partial charge is 0.293 e. The van der Waals surface area contributed by atoms with Gasteiger partial charge in [0, 0.05) is 16.6 Å². The van der Waals surface area contributed by atoms with Gasteiger partial charge in [-0.25, -0.2) is 0 Å². The molecule has 1 aliphatic heterocycles.